The lowest BCUT2D eigenvalue weighted by atomic mass is 9.83. The number of hydrogen-bond acceptors (Lipinski definition) is 4. The first-order valence-electron chi connectivity index (χ1n) is 5.73. The van der Waals surface area contributed by atoms with Gasteiger partial charge in [0.2, 0.25) is 0 Å². The van der Waals surface area contributed by atoms with E-state index in [0.717, 1.165) is 5.56 Å². The minimum absolute atomic E-state index is 0.380. The van der Waals surface area contributed by atoms with Crippen molar-refractivity contribution in [1.82, 2.24) is 0 Å². The topological polar surface area (TPSA) is 66.7 Å². The highest BCUT2D eigenvalue weighted by Gasteiger charge is 2.10. The van der Waals surface area contributed by atoms with Gasteiger partial charge < -0.3 is 18.9 Å². The molecule has 0 spiro atoms. The third kappa shape index (κ3) is 3.87. The molecule has 2 N–H and O–H groups in total. The summed E-state index contributed by atoms with van der Waals surface area (Å²) in [5.74, 6) is 0. The maximum atomic E-state index is 8.41. The molecule has 0 saturated carbocycles. The van der Waals surface area contributed by atoms with E-state index in [4.69, 9.17) is 14.5 Å². The van der Waals surface area contributed by atoms with Crippen molar-refractivity contribution in [2.75, 3.05) is 0 Å². The SMILES string of the molecule is OB(O)c1ccoc1.c1ccc(-c2ccoc2)cc1. The molecule has 0 aliphatic carbocycles. The summed E-state index contributed by atoms with van der Waals surface area (Å²) in [6, 6.07) is 13.6. The first-order valence-corrected chi connectivity index (χ1v) is 5.73. The zero-order valence-corrected chi connectivity index (χ0v) is 10.1. The van der Waals surface area contributed by atoms with Crippen LogP contribution in [0.3, 0.4) is 0 Å². The molecule has 0 radical (unpaired) electrons. The largest absolute Gasteiger partial charge is 0.491 e. The summed E-state index contributed by atoms with van der Waals surface area (Å²) >= 11 is 0. The maximum Gasteiger partial charge on any atom is 0.491 e. The van der Waals surface area contributed by atoms with E-state index in [9.17, 15) is 0 Å². The number of rotatable bonds is 2. The van der Waals surface area contributed by atoms with Gasteiger partial charge in [-0.3, -0.25) is 0 Å². The summed E-state index contributed by atoms with van der Waals surface area (Å²) in [5.41, 5.74) is 2.71. The Morgan fingerprint density at radius 1 is 0.737 bits per heavy atom. The molecule has 5 heteroatoms. The standard InChI is InChI=1S/C10H8O.C4H5BO3/c1-2-4-9(5-3-1)10-6-7-11-8-10;6-5(7)4-1-2-8-3-4/h1-8H;1-3,6-7H. The van der Waals surface area contributed by atoms with Gasteiger partial charge in [0, 0.05) is 11.0 Å². The van der Waals surface area contributed by atoms with E-state index in [2.05, 4.69) is 16.5 Å². The molecule has 2 heterocycles. The van der Waals surface area contributed by atoms with Crippen molar-refractivity contribution in [3.8, 4) is 11.1 Å². The Morgan fingerprint density at radius 3 is 1.89 bits per heavy atom. The van der Waals surface area contributed by atoms with Gasteiger partial charge in [0.05, 0.1) is 25.1 Å². The molecule has 3 aromatic rings. The molecule has 0 saturated heterocycles. The van der Waals surface area contributed by atoms with Crippen molar-refractivity contribution in [3.05, 3.63) is 67.5 Å². The van der Waals surface area contributed by atoms with Crippen LogP contribution in [0.1, 0.15) is 0 Å². The van der Waals surface area contributed by atoms with E-state index in [1.165, 1.54) is 24.2 Å². The Morgan fingerprint density at radius 2 is 1.42 bits per heavy atom. The summed E-state index contributed by atoms with van der Waals surface area (Å²) in [4.78, 5) is 0. The van der Waals surface area contributed by atoms with E-state index in [0.29, 0.717) is 5.46 Å². The molecule has 0 aliphatic heterocycles. The van der Waals surface area contributed by atoms with Gasteiger partial charge in [-0.05, 0) is 17.7 Å². The first-order chi connectivity index (χ1) is 9.27. The van der Waals surface area contributed by atoms with E-state index in [-0.39, 0.29) is 0 Å². The summed E-state index contributed by atoms with van der Waals surface area (Å²) < 4.78 is 9.52. The molecule has 1 aromatic carbocycles. The van der Waals surface area contributed by atoms with Gasteiger partial charge in [-0.2, -0.15) is 0 Å². The molecule has 96 valence electrons. The summed E-state index contributed by atoms with van der Waals surface area (Å²) in [6.07, 6.45) is 6.09. The van der Waals surface area contributed by atoms with Crippen molar-refractivity contribution in [2.45, 2.75) is 0 Å². The lowest BCUT2D eigenvalue weighted by Gasteiger charge is -1.92. The van der Waals surface area contributed by atoms with Crippen LogP contribution in [0.5, 0.6) is 0 Å². The average molecular weight is 256 g/mol. The second-order valence-electron chi connectivity index (χ2n) is 3.81. The molecule has 0 unspecified atom stereocenters. The fourth-order valence-electron chi connectivity index (χ4n) is 1.48. The summed E-state index contributed by atoms with van der Waals surface area (Å²) in [6.45, 7) is 0. The van der Waals surface area contributed by atoms with Crippen LogP contribution in [0, 0.1) is 0 Å². The van der Waals surface area contributed by atoms with Gasteiger partial charge in [0.15, 0.2) is 0 Å². The molecule has 0 amide bonds. The quantitative estimate of drug-likeness (QED) is 0.687. The van der Waals surface area contributed by atoms with Crippen LogP contribution >= 0.6 is 0 Å². The molecule has 3 rings (SSSR count). The van der Waals surface area contributed by atoms with Crippen LogP contribution in [0.2, 0.25) is 0 Å². The van der Waals surface area contributed by atoms with Gasteiger partial charge in [-0.25, -0.2) is 0 Å². The van der Waals surface area contributed by atoms with Gasteiger partial charge >= 0.3 is 7.12 Å². The molecule has 0 aliphatic rings. The highest BCUT2D eigenvalue weighted by atomic mass is 16.4. The lowest BCUT2D eigenvalue weighted by molar-refractivity contribution is 0.425. The van der Waals surface area contributed by atoms with Gasteiger partial charge in [-0.15, -0.1) is 0 Å². The third-order valence-corrected chi connectivity index (χ3v) is 2.47. The van der Waals surface area contributed by atoms with Crippen LogP contribution in [0.15, 0.2) is 76.4 Å². The Hall–Kier alpha value is -2.24. The highest BCUT2D eigenvalue weighted by molar-refractivity contribution is 6.58. The molecule has 0 fully saturated rings. The molecular weight excluding hydrogens is 243 g/mol. The smallest absolute Gasteiger partial charge is 0.473 e. The van der Waals surface area contributed by atoms with E-state index >= 15 is 0 Å². The zero-order valence-electron chi connectivity index (χ0n) is 10.1. The van der Waals surface area contributed by atoms with E-state index in [1.54, 1.807) is 12.5 Å². The Bertz CT molecular complexity index is 559. The lowest BCUT2D eigenvalue weighted by Crippen LogP contribution is -2.27. The Labute approximate surface area is 111 Å². The molecule has 19 heavy (non-hydrogen) atoms. The summed E-state index contributed by atoms with van der Waals surface area (Å²) in [5, 5.41) is 16.8. The molecule has 0 bridgehead atoms. The fraction of sp³-hybridized carbons (Fsp3) is 0. The second kappa shape index (κ2) is 6.63. The van der Waals surface area contributed by atoms with Crippen LogP contribution in [-0.2, 0) is 0 Å². The predicted molar refractivity (Wildman–Crippen MR) is 72.7 cm³/mol. The van der Waals surface area contributed by atoms with Crippen molar-refractivity contribution in [1.29, 1.82) is 0 Å². The van der Waals surface area contributed by atoms with Gasteiger partial charge in [-0.1, -0.05) is 30.3 Å². The summed E-state index contributed by atoms with van der Waals surface area (Å²) in [7, 11) is -1.41. The zero-order chi connectivity index (χ0) is 13.5. The molecular formula is C14H13BO4. The third-order valence-electron chi connectivity index (χ3n) is 2.47. The van der Waals surface area contributed by atoms with Crippen LogP contribution < -0.4 is 5.46 Å². The average Bonchev–Trinajstić information content (AvgIpc) is 3.14. The van der Waals surface area contributed by atoms with Crippen LogP contribution in [0.4, 0.5) is 0 Å². The van der Waals surface area contributed by atoms with Crippen molar-refractivity contribution in [3.63, 3.8) is 0 Å². The van der Waals surface area contributed by atoms with E-state index < -0.39 is 7.12 Å². The monoisotopic (exact) mass is 256 g/mol. The minimum Gasteiger partial charge on any atom is -0.473 e. The Kier molecular flexibility index (Phi) is 4.61. The second-order valence-corrected chi connectivity index (χ2v) is 3.81. The molecule has 2 aromatic heterocycles. The Balaban J connectivity index is 0.000000148. The normalized spacial score (nSPS) is 9.58. The van der Waals surface area contributed by atoms with E-state index in [1.807, 2.05) is 24.3 Å². The van der Waals surface area contributed by atoms with Crippen molar-refractivity contribution < 1.29 is 18.9 Å². The molecule has 4 nitrogen and oxygen atoms in total. The van der Waals surface area contributed by atoms with Crippen LogP contribution in [0.25, 0.3) is 11.1 Å². The number of benzene rings is 1. The fourth-order valence-corrected chi connectivity index (χ4v) is 1.48. The van der Waals surface area contributed by atoms with Crippen LogP contribution in [-0.4, -0.2) is 17.2 Å². The number of furan rings is 2. The van der Waals surface area contributed by atoms with Crippen molar-refractivity contribution >= 4 is 12.6 Å². The first kappa shape index (κ1) is 13.2. The van der Waals surface area contributed by atoms with Gasteiger partial charge in [0.25, 0.3) is 0 Å². The molecule has 0 atom stereocenters. The maximum absolute atomic E-state index is 8.41. The van der Waals surface area contributed by atoms with Gasteiger partial charge in [0.1, 0.15) is 0 Å². The minimum atomic E-state index is -1.41. The number of hydrogen-bond donors (Lipinski definition) is 2. The highest BCUT2D eigenvalue weighted by Crippen LogP contribution is 2.18. The predicted octanol–water partition coefficient (Wildman–Crippen LogP) is 1.91. The van der Waals surface area contributed by atoms with Crippen molar-refractivity contribution in [2.24, 2.45) is 0 Å².